The summed E-state index contributed by atoms with van der Waals surface area (Å²) < 4.78 is 7.26. The standard InChI is InChI=1S/C59H65BN2O/c1-36-31-49-52-50(32-36)62(47-28-25-40(57(8,9)10)33-43(47)37-19-21-38(22-20-37)55(2,3)4)48-35-45-44(58(11,12)29-30-59(45,13)14)34-46(48)60(52)54-53(42-17-15-16-18-51(42)63-54)61(49)41-26-23-39(24-27-41)56(5,6)7/h15-28,31-35H,29-30H2,1-14H3. The molecule has 0 N–H and O–H groups in total. The fourth-order valence-electron chi connectivity index (χ4n) is 10.8. The Labute approximate surface area is 377 Å². The van der Waals surface area contributed by atoms with Gasteiger partial charge < -0.3 is 14.2 Å². The van der Waals surface area contributed by atoms with E-state index in [0.29, 0.717) is 0 Å². The van der Waals surface area contributed by atoms with Crippen LogP contribution in [0.5, 0.6) is 0 Å². The molecule has 3 aliphatic rings. The summed E-state index contributed by atoms with van der Waals surface area (Å²) in [5, 5.41) is 1.14. The van der Waals surface area contributed by atoms with Gasteiger partial charge in [-0.15, -0.1) is 0 Å². The van der Waals surface area contributed by atoms with Crippen molar-refractivity contribution in [1.82, 2.24) is 0 Å². The van der Waals surface area contributed by atoms with Crippen LogP contribution >= 0.6 is 0 Å². The molecule has 4 heteroatoms. The Morgan fingerprint density at radius 3 is 1.68 bits per heavy atom. The van der Waals surface area contributed by atoms with Crippen LogP contribution in [0.1, 0.15) is 136 Å². The second-order valence-electron chi connectivity index (χ2n) is 23.5. The fourth-order valence-corrected chi connectivity index (χ4v) is 10.8. The summed E-state index contributed by atoms with van der Waals surface area (Å²) in [4.78, 5) is 5.16. The summed E-state index contributed by atoms with van der Waals surface area (Å²) in [7, 11) is 0. The Morgan fingerprint density at radius 1 is 0.540 bits per heavy atom. The van der Waals surface area contributed by atoms with Crippen molar-refractivity contribution >= 4 is 68.4 Å². The van der Waals surface area contributed by atoms with Crippen molar-refractivity contribution in [3.05, 3.63) is 149 Å². The highest BCUT2D eigenvalue weighted by atomic mass is 16.3. The fraction of sp³-hybridized carbons (Fsp3) is 0.356. The van der Waals surface area contributed by atoms with E-state index in [1.807, 2.05) is 0 Å². The van der Waals surface area contributed by atoms with Gasteiger partial charge in [0, 0.05) is 33.7 Å². The number of rotatable bonds is 3. The maximum atomic E-state index is 7.26. The Morgan fingerprint density at radius 2 is 1.08 bits per heavy atom. The first-order valence-electron chi connectivity index (χ1n) is 23.3. The highest BCUT2D eigenvalue weighted by Crippen LogP contribution is 2.53. The minimum absolute atomic E-state index is 0.0262. The van der Waals surface area contributed by atoms with Crippen molar-refractivity contribution in [2.75, 3.05) is 9.80 Å². The molecule has 0 atom stereocenters. The molecule has 3 nitrogen and oxygen atoms in total. The van der Waals surface area contributed by atoms with Gasteiger partial charge in [0.15, 0.2) is 0 Å². The van der Waals surface area contributed by atoms with Gasteiger partial charge in [-0.3, -0.25) is 0 Å². The molecule has 7 aromatic rings. The molecule has 6 aromatic carbocycles. The maximum absolute atomic E-state index is 7.26. The molecule has 0 radical (unpaired) electrons. The quantitative estimate of drug-likeness (QED) is 0.165. The van der Waals surface area contributed by atoms with Crippen LogP contribution in [0, 0.1) is 6.92 Å². The van der Waals surface area contributed by atoms with Crippen LogP contribution in [0.15, 0.2) is 120 Å². The zero-order valence-corrected chi connectivity index (χ0v) is 40.3. The number of nitrogens with zero attached hydrogens (tertiary/aromatic N) is 2. The van der Waals surface area contributed by atoms with E-state index in [-0.39, 0.29) is 33.8 Å². The van der Waals surface area contributed by atoms with Crippen molar-refractivity contribution in [2.45, 2.75) is 137 Å². The summed E-state index contributed by atoms with van der Waals surface area (Å²) >= 11 is 0. The van der Waals surface area contributed by atoms with Gasteiger partial charge >= 0.3 is 0 Å². The smallest absolute Gasteiger partial charge is 0.297 e. The lowest BCUT2D eigenvalue weighted by Gasteiger charge is -2.47. The number of anilines is 6. The van der Waals surface area contributed by atoms with Crippen molar-refractivity contribution < 1.29 is 4.42 Å². The maximum Gasteiger partial charge on any atom is 0.297 e. The molecule has 1 aromatic heterocycles. The van der Waals surface area contributed by atoms with Gasteiger partial charge in [0.2, 0.25) is 0 Å². The van der Waals surface area contributed by atoms with Crippen LogP contribution in [0.2, 0.25) is 0 Å². The number of hydrogen-bond acceptors (Lipinski definition) is 3. The topological polar surface area (TPSA) is 19.6 Å². The van der Waals surface area contributed by atoms with E-state index in [1.165, 1.54) is 78.2 Å². The molecule has 0 amide bonds. The third-order valence-electron chi connectivity index (χ3n) is 14.8. The van der Waals surface area contributed by atoms with Crippen molar-refractivity contribution in [3.8, 4) is 11.1 Å². The molecule has 0 spiro atoms. The van der Waals surface area contributed by atoms with E-state index in [9.17, 15) is 0 Å². The normalized spacial score (nSPS) is 16.4. The van der Waals surface area contributed by atoms with Crippen LogP contribution in [0.25, 0.3) is 22.1 Å². The molecule has 0 fully saturated rings. The van der Waals surface area contributed by atoms with Gasteiger partial charge in [-0.05, 0) is 151 Å². The summed E-state index contributed by atoms with van der Waals surface area (Å²) in [5.41, 5.74) is 22.5. The van der Waals surface area contributed by atoms with E-state index in [1.54, 1.807) is 0 Å². The number of hydrogen-bond donors (Lipinski definition) is 0. The van der Waals surface area contributed by atoms with Gasteiger partial charge in [0.25, 0.3) is 6.71 Å². The van der Waals surface area contributed by atoms with E-state index in [2.05, 4.69) is 222 Å². The van der Waals surface area contributed by atoms with Crippen LogP contribution in [-0.4, -0.2) is 6.71 Å². The number of fused-ring (bicyclic) bond motifs is 7. The molecule has 0 bridgehead atoms. The van der Waals surface area contributed by atoms with E-state index < -0.39 is 0 Å². The van der Waals surface area contributed by atoms with Crippen molar-refractivity contribution in [2.24, 2.45) is 0 Å². The van der Waals surface area contributed by atoms with Gasteiger partial charge in [-0.25, -0.2) is 0 Å². The molecular formula is C59H65BN2O. The summed E-state index contributed by atoms with van der Waals surface area (Å²) in [6, 6.07) is 44.7. The molecule has 63 heavy (non-hydrogen) atoms. The van der Waals surface area contributed by atoms with E-state index >= 15 is 0 Å². The number of aryl methyl sites for hydroxylation is 1. The molecule has 0 saturated heterocycles. The largest absolute Gasteiger partial charge is 0.468 e. The van der Waals surface area contributed by atoms with Gasteiger partial charge in [-0.1, -0.05) is 151 Å². The van der Waals surface area contributed by atoms with Crippen molar-refractivity contribution in [1.29, 1.82) is 0 Å². The van der Waals surface area contributed by atoms with E-state index in [4.69, 9.17) is 4.42 Å². The minimum Gasteiger partial charge on any atom is -0.468 e. The molecule has 0 saturated carbocycles. The molecule has 3 heterocycles. The minimum atomic E-state index is -0.108. The summed E-state index contributed by atoms with van der Waals surface area (Å²) in [6.07, 6.45) is 2.30. The first-order valence-corrected chi connectivity index (χ1v) is 23.3. The predicted molar refractivity (Wildman–Crippen MR) is 272 cm³/mol. The first kappa shape index (κ1) is 41.5. The Kier molecular flexibility index (Phi) is 9.07. The Balaban J connectivity index is 1.33. The first-order chi connectivity index (χ1) is 29.5. The average Bonchev–Trinajstić information content (AvgIpc) is 3.60. The zero-order chi connectivity index (χ0) is 44.8. The molecule has 1 aliphatic carbocycles. The highest BCUT2D eigenvalue weighted by molar-refractivity contribution is 7.00. The number of para-hydroxylation sites is 1. The van der Waals surface area contributed by atoms with Crippen LogP contribution < -0.4 is 26.4 Å². The molecule has 0 unspecified atom stereocenters. The lowest BCUT2D eigenvalue weighted by atomic mass is 9.35. The monoisotopic (exact) mass is 829 g/mol. The molecule has 320 valence electrons. The Hall–Kier alpha value is -5.48. The highest BCUT2D eigenvalue weighted by Gasteiger charge is 2.49. The predicted octanol–water partition coefficient (Wildman–Crippen LogP) is 14.7. The van der Waals surface area contributed by atoms with E-state index in [0.717, 1.165) is 40.8 Å². The lowest BCUT2D eigenvalue weighted by molar-refractivity contribution is 0.332. The average molecular weight is 829 g/mol. The van der Waals surface area contributed by atoms with Gasteiger partial charge in [0.05, 0.1) is 17.0 Å². The van der Waals surface area contributed by atoms with Crippen LogP contribution in [-0.2, 0) is 27.1 Å². The second kappa shape index (κ2) is 13.8. The number of furan rings is 1. The van der Waals surface area contributed by atoms with Crippen LogP contribution in [0.4, 0.5) is 34.1 Å². The van der Waals surface area contributed by atoms with Crippen LogP contribution in [0.3, 0.4) is 0 Å². The third kappa shape index (κ3) is 6.60. The Bertz CT molecular complexity index is 2960. The SMILES string of the molecule is Cc1cc2c3c(c1)N(c1ccc(C(C)(C)C)cc1)c1c(oc4ccccc14)B3c1cc3c(cc1N2c1ccc(C(C)(C)C)cc1-c1ccc(C(C)(C)C)cc1)C(C)(C)CCC3(C)C. The zero-order valence-electron chi connectivity index (χ0n) is 40.3. The lowest BCUT2D eigenvalue weighted by Crippen LogP contribution is -2.61. The molecular weight excluding hydrogens is 763 g/mol. The van der Waals surface area contributed by atoms with Gasteiger partial charge in [-0.2, -0.15) is 0 Å². The third-order valence-corrected chi connectivity index (χ3v) is 14.8. The summed E-state index contributed by atoms with van der Waals surface area (Å²) in [5.74, 6) is 0. The molecule has 10 rings (SSSR count). The summed E-state index contributed by atoms with van der Waals surface area (Å²) in [6.45, 7) is 32.8. The second-order valence-corrected chi connectivity index (χ2v) is 23.5. The molecule has 2 aliphatic heterocycles. The number of benzene rings is 6. The van der Waals surface area contributed by atoms with Gasteiger partial charge in [0.1, 0.15) is 5.58 Å². The van der Waals surface area contributed by atoms with Crippen molar-refractivity contribution in [3.63, 3.8) is 0 Å².